The first-order valence-electron chi connectivity index (χ1n) is 6.69. The molecule has 0 saturated carbocycles. The Hall–Kier alpha value is -0.540. The van der Waals surface area contributed by atoms with Crippen LogP contribution in [0.25, 0.3) is 0 Å². The zero-order chi connectivity index (χ0) is 15.9. The fourth-order valence-electron chi connectivity index (χ4n) is 1.68. The fraction of sp³-hybridized carbons (Fsp3) is 0.500. The molecule has 126 valence electrons. The van der Waals surface area contributed by atoms with Gasteiger partial charge in [-0.2, -0.15) is 0 Å². The van der Waals surface area contributed by atoms with Gasteiger partial charge in [0.05, 0.1) is 5.75 Å². The van der Waals surface area contributed by atoms with Crippen molar-refractivity contribution in [2.75, 3.05) is 19.1 Å². The molecule has 0 aromatic heterocycles. The molecule has 5 nitrogen and oxygen atoms in total. The molecule has 1 aromatic rings. The second-order valence-corrected chi connectivity index (χ2v) is 7.71. The number of halogens is 2. The van der Waals surface area contributed by atoms with Crippen molar-refractivity contribution in [2.45, 2.75) is 25.9 Å². The molecule has 0 fully saturated rings. The van der Waals surface area contributed by atoms with Crippen LogP contribution < -0.4 is 10.6 Å². The molecule has 8 heteroatoms. The van der Waals surface area contributed by atoms with E-state index in [0.717, 1.165) is 5.56 Å². The summed E-state index contributed by atoms with van der Waals surface area (Å²) in [4.78, 5) is 4.12. The van der Waals surface area contributed by atoms with Gasteiger partial charge in [0.2, 0.25) is 0 Å². The summed E-state index contributed by atoms with van der Waals surface area (Å²) >= 11 is 5.84. The Bertz CT molecular complexity index is 576. The van der Waals surface area contributed by atoms with Crippen molar-refractivity contribution in [3.05, 3.63) is 34.9 Å². The summed E-state index contributed by atoms with van der Waals surface area (Å²) in [6, 6.07) is 7.58. The molecule has 0 amide bonds. The fourth-order valence-corrected chi connectivity index (χ4v) is 2.59. The Morgan fingerprint density at radius 3 is 2.41 bits per heavy atom. The van der Waals surface area contributed by atoms with E-state index in [-0.39, 0.29) is 35.8 Å². The van der Waals surface area contributed by atoms with Gasteiger partial charge in [-0.25, -0.2) is 8.42 Å². The maximum atomic E-state index is 11.1. The second kappa shape index (κ2) is 10.3. The highest BCUT2D eigenvalue weighted by atomic mass is 127. The van der Waals surface area contributed by atoms with Crippen LogP contribution in [0.5, 0.6) is 0 Å². The predicted molar refractivity (Wildman–Crippen MR) is 104 cm³/mol. The van der Waals surface area contributed by atoms with Gasteiger partial charge >= 0.3 is 0 Å². The standard InChI is InChI=1S/C14H22ClN3O2S.HI/c1-11(8-9-21(3,19)20)18-14(16-2)17-10-12-4-6-13(15)7-5-12;/h4-7,11H,8-10H2,1-3H3,(H2,16,17,18);1H. The largest absolute Gasteiger partial charge is 0.354 e. The quantitative estimate of drug-likeness (QED) is 0.389. The molecule has 1 aromatic carbocycles. The van der Waals surface area contributed by atoms with Gasteiger partial charge < -0.3 is 10.6 Å². The van der Waals surface area contributed by atoms with Crippen LogP contribution in [0.15, 0.2) is 29.3 Å². The minimum atomic E-state index is -2.93. The molecule has 1 atom stereocenters. The summed E-state index contributed by atoms with van der Waals surface area (Å²) in [5.74, 6) is 0.806. The number of rotatable bonds is 6. The van der Waals surface area contributed by atoms with E-state index in [0.29, 0.717) is 23.9 Å². The number of sulfone groups is 1. The van der Waals surface area contributed by atoms with Crippen molar-refractivity contribution in [1.82, 2.24) is 10.6 Å². The molecule has 1 rings (SSSR count). The first kappa shape index (κ1) is 21.5. The summed E-state index contributed by atoms with van der Waals surface area (Å²) in [5, 5.41) is 7.05. The molecular formula is C14H23ClIN3O2S. The van der Waals surface area contributed by atoms with Crippen molar-refractivity contribution < 1.29 is 8.42 Å². The summed E-state index contributed by atoms with van der Waals surface area (Å²) in [6.07, 6.45) is 1.79. The van der Waals surface area contributed by atoms with Crippen molar-refractivity contribution in [1.29, 1.82) is 0 Å². The molecule has 22 heavy (non-hydrogen) atoms. The van der Waals surface area contributed by atoms with Gasteiger partial charge in [0.1, 0.15) is 9.84 Å². The predicted octanol–water partition coefficient (Wildman–Crippen LogP) is 2.45. The average molecular weight is 460 g/mol. The van der Waals surface area contributed by atoms with Crippen LogP contribution in [0.1, 0.15) is 18.9 Å². The highest BCUT2D eigenvalue weighted by Gasteiger charge is 2.09. The SMILES string of the molecule is CN=C(NCc1ccc(Cl)cc1)NC(C)CCS(C)(=O)=O.I. The lowest BCUT2D eigenvalue weighted by molar-refractivity contribution is 0.581. The van der Waals surface area contributed by atoms with Crippen LogP contribution >= 0.6 is 35.6 Å². The smallest absolute Gasteiger partial charge is 0.191 e. The zero-order valence-electron chi connectivity index (χ0n) is 13.0. The molecular weight excluding hydrogens is 437 g/mol. The minimum absolute atomic E-state index is 0. The molecule has 0 radical (unpaired) electrons. The Labute approximate surface area is 154 Å². The van der Waals surface area contributed by atoms with E-state index in [4.69, 9.17) is 11.6 Å². The monoisotopic (exact) mass is 459 g/mol. The van der Waals surface area contributed by atoms with Gasteiger partial charge in [-0.3, -0.25) is 4.99 Å². The Balaban J connectivity index is 0.00000441. The van der Waals surface area contributed by atoms with Gasteiger partial charge in [0.15, 0.2) is 5.96 Å². The van der Waals surface area contributed by atoms with E-state index in [2.05, 4.69) is 15.6 Å². The molecule has 0 aliphatic heterocycles. The number of nitrogens with zero attached hydrogens (tertiary/aromatic N) is 1. The van der Waals surface area contributed by atoms with Gasteiger partial charge in [0.25, 0.3) is 0 Å². The van der Waals surface area contributed by atoms with Gasteiger partial charge in [-0.15, -0.1) is 24.0 Å². The van der Waals surface area contributed by atoms with Gasteiger partial charge in [-0.05, 0) is 31.0 Å². The first-order valence-corrected chi connectivity index (χ1v) is 9.13. The molecule has 0 heterocycles. The lowest BCUT2D eigenvalue weighted by atomic mass is 10.2. The molecule has 2 N–H and O–H groups in total. The zero-order valence-corrected chi connectivity index (χ0v) is 16.9. The number of benzene rings is 1. The van der Waals surface area contributed by atoms with Crippen LogP contribution in [0.4, 0.5) is 0 Å². The average Bonchev–Trinajstić information content (AvgIpc) is 2.42. The first-order chi connectivity index (χ1) is 9.80. The normalized spacial score (nSPS) is 13.2. The third-order valence-electron chi connectivity index (χ3n) is 2.90. The lowest BCUT2D eigenvalue weighted by Crippen LogP contribution is -2.42. The van der Waals surface area contributed by atoms with Crippen molar-refractivity contribution in [3.63, 3.8) is 0 Å². The van der Waals surface area contributed by atoms with Gasteiger partial charge in [-0.1, -0.05) is 23.7 Å². The number of aliphatic imine (C=N–C) groups is 1. The lowest BCUT2D eigenvalue weighted by Gasteiger charge is -2.17. The van der Waals surface area contributed by atoms with E-state index in [1.807, 2.05) is 31.2 Å². The third-order valence-corrected chi connectivity index (χ3v) is 4.13. The second-order valence-electron chi connectivity index (χ2n) is 5.02. The topological polar surface area (TPSA) is 70.6 Å². The van der Waals surface area contributed by atoms with E-state index >= 15 is 0 Å². The number of guanidine groups is 1. The summed E-state index contributed by atoms with van der Waals surface area (Å²) in [5.41, 5.74) is 1.09. The molecule has 0 spiro atoms. The molecule has 0 aliphatic rings. The highest BCUT2D eigenvalue weighted by molar-refractivity contribution is 14.0. The van der Waals surface area contributed by atoms with E-state index in [9.17, 15) is 8.42 Å². The summed E-state index contributed by atoms with van der Waals surface area (Å²) < 4.78 is 22.3. The number of hydrogen-bond donors (Lipinski definition) is 2. The molecule has 0 aliphatic carbocycles. The van der Waals surface area contributed by atoms with Gasteiger partial charge in [0, 0.05) is 30.9 Å². The minimum Gasteiger partial charge on any atom is -0.354 e. The van der Waals surface area contributed by atoms with E-state index in [1.54, 1.807) is 7.05 Å². The molecule has 1 unspecified atom stereocenters. The van der Waals surface area contributed by atoms with Crippen LogP contribution in [0, 0.1) is 0 Å². The van der Waals surface area contributed by atoms with Crippen molar-refractivity contribution >= 4 is 51.4 Å². The van der Waals surface area contributed by atoms with Crippen LogP contribution in [-0.2, 0) is 16.4 Å². The van der Waals surface area contributed by atoms with Crippen LogP contribution in [-0.4, -0.2) is 39.5 Å². The van der Waals surface area contributed by atoms with Crippen LogP contribution in [0.3, 0.4) is 0 Å². The summed E-state index contributed by atoms with van der Waals surface area (Å²) in [6.45, 7) is 2.55. The van der Waals surface area contributed by atoms with E-state index in [1.165, 1.54) is 6.26 Å². The maximum absolute atomic E-state index is 11.1. The Morgan fingerprint density at radius 2 is 1.91 bits per heavy atom. The summed E-state index contributed by atoms with van der Waals surface area (Å²) in [7, 11) is -1.25. The number of hydrogen-bond acceptors (Lipinski definition) is 3. The van der Waals surface area contributed by atoms with E-state index < -0.39 is 9.84 Å². The maximum Gasteiger partial charge on any atom is 0.191 e. The van der Waals surface area contributed by atoms with Crippen molar-refractivity contribution in [2.24, 2.45) is 4.99 Å². The molecule has 0 bridgehead atoms. The Kier molecular flexibility index (Phi) is 10.0. The van der Waals surface area contributed by atoms with Crippen molar-refractivity contribution in [3.8, 4) is 0 Å². The Morgan fingerprint density at radius 1 is 1.32 bits per heavy atom. The highest BCUT2D eigenvalue weighted by Crippen LogP contribution is 2.09. The van der Waals surface area contributed by atoms with Crippen LogP contribution in [0.2, 0.25) is 5.02 Å². The molecule has 0 saturated heterocycles. The third kappa shape index (κ3) is 9.47. The number of nitrogens with one attached hydrogen (secondary N) is 2.